The van der Waals surface area contributed by atoms with Crippen LogP contribution in [-0.2, 0) is 4.79 Å². The molecule has 2 aromatic carbocycles. The smallest absolute Gasteiger partial charge is 0.324 e. The lowest BCUT2D eigenvalue weighted by Gasteiger charge is -2.31. The molecule has 7 nitrogen and oxygen atoms in total. The van der Waals surface area contributed by atoms with Crippen LogP contribution in [0.1, 0.15) is 24.4 Å². The molecule has 162 valence electrons. The average molecular weight is 448 g/mol. The Morgan fingerprint density at radius 3 is 2.44 bits per heavy atom. The molecule has 1 saturated heterocycles. The van der Waals surface area contributed by atoms with Gasteiger partial charge in [0.2, 0.25) is 0 Å². The third-order valence-corrected chi connectivity index (χ3v) is 5.55. The van der Waals surface area contributed by atoms with Crippen LogP contribution in [0, 0.1) is 11.8 Å². The number of hydrogen-bond acceptors (Lipinski definition) is 3. The van der Waals surface area contributed by atoms with E-state index in [4.69, 9.17) is 11.6 Å². The highest BCUT2D eigenvalue weighted by atomic mass is 35.5. The number of carbonyl (C=O) groups is 2. The second-order valence-corrected chi connectivity index (χ2v) is 7.77. The van der Waals surface area contributed by atoms with Crippen LogP contribution in [-0.4, -0.2) is 39.7 Å². The molecule has 8 heteroatoms. The van der Waals surface area contributed by atoms with E-state index in [1.807, 2.05) is 30.3 Å². The molecule has 32 heavy (non-hydrogen) atoms. The van der Waals surface area contributed by atoms with Crippen molar-refractivity contribution < 1.29 is 9.59 Å². The summed E-state index contributed by atoms with van der Waals surface area (Å²) < 4.78 is 1.80. The van der Waals surface area contributed by atoms with E-state index in [1.54, 1.807) is 46.1 Å². The molecular weight excluding hydrogens is 426 g/mol. The predicted octanol–water partition coefficient (Wildman–Crippen LogP) is 4.40. The molecule has 0 saturated carbocycles. The van der Waals surface area contributed by atoms with Gasteiger partial charge in [-0.25, -0.2) is 9.48 Å². The van der Waals surface area contributed by atoms with Gasteiger partial charge in [-0.15, -0.1) is 0 Å². The Morgan fingerprint density at radius 1 is 0.969 bits per heavy atom. The Labute approximate surface area is 191 Å². The SMILES string of the molecule is O=C(Nc1ccccc1Cl)Nc1ccnn1C1CCN(C(=O)C#Cc2ccccc2)CC1. The largest absolute Gasteiger partial charge is 0.332 e. The van der Waals surface area contributed by atoms with E-state index in [1.165, 1.54) is 0 Å². The molecule has 0 radical (unpaired) electrons. The van der Waals surface area contributed by atoms with Crippen LogP contribution in [0.3, 0.4) is 0 Å². The van der Waals surface area contributed by atoms with Crippen LogP contribution in [0.15, 0.2) is 66.9 Å². The topological polar surface area (TPSA) is 79.3 Å². The first kappa shape index (κ1) is 21.5. The Balaban J connectivity index is 1.33. The van der Waals surface area contributed by atoms with Gasteiger partial charge in [0.25, 0.3) is 5.91 Å². The third-order valence-electron chi connectivity index (χ3n) is 5.22. The van der Waals surface area contributed by atoms with Crippen LogP contribution in [0.5, 0.6) is 0 Å². The van der Waals surface area contributed by atoms with Crippen molar-refractivity contribution in [3.8, 4) is 11.8 Å². The highest BCUT2D eigenvalue weighted by molar-refractivity contribution is 6.33. The number of halogens is 1. The normalized spacial score (nSPS) is 13.7. The van der Waals surface area contributed by atoms with Gasteiger partial charge in [-0.05, 0) is 37.1 Å². The molecule has 0 atom stereocenters. The zero-order valence-electron chi connectivity index (χ0n) is 17.3. The first-order valence-electron chi connectivity index (χ1n) is 10.3. The van der Waals surface area contributed by atoms with Crippen molar-refractivity contribution in [3.63, 3.8) is 0 Å². The molecule has 2 N–H and O–H groups in total. The maximum atomic E-state index is 12.4. The number of carbonyl (C=O) groups excluding carboxylic acids is 2. The summed E-state index contributed by atoms with van der Waals surface area (Å²) in [5.41, 5.74) is 1.35. The van der Waals surface area contributed by atoms with Gasteiger partial charge < -0.3 is 10.2 Å². The molecule has 1 aromatic heterocycles. The van der Waals surface area contributed by atoms with Crippen molar-refractivity contribution in [2.75, 3.05) is 23.7 Å². The molecule has 0 spiro atoms. The number of piperidine rings is 1. The summed E-state index contributed by atoms with van der Waals surface area (Å²) in [4.78, 5) is 26.6. The minimum absolute atomic E-state index is 0.0757. The van der Waals surface area contributed by atoms with Crippen molar-refractivity contribution in [3.05, 3.63) is 77.4 Å². The van der Waals surface area contributed by atoms with Gasteiger partial charge in [0.05, 0.1) is 22.9 Å². The van der Waals surface area contributed by atoms with Gasteiger partial charge in [0.15, 0.2) is 0 Å². The summed E-state index contributed by atoms with van der Waals surface area (Å²) in [6.45, 7) is 1.16. The lowest BCUT2D eigenvalue weighted by molar-refractivity contribution is -0.126. The summed E-state index contributed by atoms with van der Waals surface area (Å²) in [5, 5.41) is 10.4. The first-order chi connectivity index (χ1) is 15.6. The molecule has 4 rings (SSSR count). The van der Waals surface area contributed by atoms with Crippen molar-refractivity contribution in [2.45, 2.75) is 18.9 Å². The minimum atomic E-state index is -0.399. The summed E-state index contributed by atoms with van der Waals surface area (Å²) >= 11 is 6.10. The number of amides is 3. The molecule has 2 heterocycles. The lowest BCUT2D eigenvalue weighted by atomic mass is 10.1. The number of likely N-dealkylation sites (tertiary alicyclic amines) is 1. The highest BCUT2D eigenvalue weighted by Crippen LogP contribution is 2.26. The fourth-order valence-electron chi connectivity index (χ4n) is 3.58. The predicted molar refractivity (Wildman–Crippen MR) is 124 cm³/mol. The Hall–Kier alpha value is -3.76. The standard InChI is InChI=1S/C24H22ClN5O2/c25-20-8-4-5-9-21(20)27-24(32)28-22-12-15-26-30(22)19-13-16-29(17-14-19)23(31)11-10-18-6-2-1-3-7-18/h1-9,12,15,19H,13-14,16-17H2,(H2,27,28,32). The van der Waals surface area contributed by atoms with E-state index in [-0.39, 0.29) is 11.9 Å². The van der Waals surface area contributed by atoms with E-state index in [2.05, 4.69) is 27.6 Å². The molecule has 1 fully saturated rings. The van der Waals surface area contributed by atoms with Crippen LogP contribution in [0.4, 0.5) is 16.3 Å². The zero-order chi connectivity index (χ0) is 22.3. The monoisotopic (exact) mass is 447 g/mol. The first-order valence-corrected chi connectivity index (χ1v) is 10.7. The van der Waals surface area contributed by atoms with Crippen molar-refractivity contribution in [2.24, 2.45) is 0 Å². The van der Waals surface area contributed by atoms with Gasteiger partial charge in [-0.2, -0.15) is 5.10 Å². The van der Waals surface area contributed by atoms with Crippen LogP contribution >= 0.6 is 11.6 Å². The van der Waals surface area contributed by atoms with Crippen LogP contribution in [0.2, 0.25) is 5.02 Å². The third kappa shape index (κ3) is 5.29. The molecule has 0 unspecified atom stereocenters. The molecular formula is C24H22ClN5O2. The summed E-state index contributed by atoms with van der Waals surface area (Å²) in [5.74, 6) is 6.04. The quantitative estimate of drug-likeness (QED) is 0.584. The van der Waals surface area contributed by atoms with Crippen LogP contribution in [0.25, 0.3) is 0 Å². The number of nitrogens with zero attached hydrogens (tertiary/aromatic N) is 3. The second-order valence-electron chi connectivity index (χ2n) is 7.36. The highest BCUT2D eigenvalue weighted by Gasteiger charge is 2.25. The summed E-state index contributed by atoms with van der Waals surface area (Å²) in [6.07, 6.45) is 3.09. The average Bonchev–Trinajstić information content (AvgIpc) is 3.27. The lowest BCUT2D eigenvalue weighted by Crippen LogP contribution is -2.39. The van der Waals surface area contributed by atoms with Crippen LogP contribution < -0.4 is 10.6 Å². The number of para-hydroxylation sites is 1. The van der Waals surface area contributed by atoms with Crippen molar-refractivity contribution >= 4 is 35.0 Å². The molecule has 1 aliphatic heterocycles. The van der Waals surface area contributed by atoms with Gasteiger partial charge in [0.1, 0.15) is 5.82 Å². The maximum Gasteiger partial charge on any atom is 0.324 e. The van der Waals surface area contributed by atoms with Crippen molar-refractivity contribution in [1.29, 1.82) is 0 Å². The molecule has 3 amide bonds. The number of urea groups is 1. The molecule has 3 aromatic rings. The Kier molecular flexibility index (Phi) is 6.73. The number of aromatic nitrogens is 2. The van der Waals surface area contributed by atoms with Gasteiger partial charge >= 0.3 is 6.03 Å². The zero-order valence-corrected chi connectivity index (χ0v) is 18.0. The number of rotatable bonds is 3. The van der Waals surface area contributed by atoms with E-state index >= 15 is 0 Å². The molecule has 0 aliphatic carbocycles. The van der Waals surface area contributed by atoms with Gasteiger partial charge in [-0.1, -0.05) is 47.9 Å². The molecule has 1 aliphatic rings. The number of anilines is 2. The van der Waals surface area contributed by atoms with Gasteiger partial charge in [-0.3, -0.25) is 10.1 Å². The van der Waals surface area contributed by atoms with E-state index < -0.39 is 6.03 Å². The second kappa shape index (κ2) is 10.0. The van der Waals surface area contributed by atoms with E-state index in [0.717, 1.165) is 18.4 Å². The maximum absolute atomic E-state index is 12.4. The Morgan fingerprint density at radius 2 is 1.69 bits per heavy atom. The van der Waals surface area contributed by atoms with E-state index in [9.17, 15) is 9.59 Å². The fourth-order valence-corrected chi connectivity index (χ4v) is 3.76. The number of benzene rings is 2. The number of nitrogens with one attached hydrogen (secondary N) is 2. The summed E-state index contributed by atoms with van der Waals surface area (Å²) in [6, 6.07) is 17.9. The van der Waals surface area contributed by atoms with E-state index in [0.29, 0.717) is 29.6 Å². The van der Waals surface area contributed by atoms with Crippen molar-refractivity contribution in [1.82, 2.24) is 14.7 Å². The van der Waals surface area contributed by atoms with Gasteiger partial charge in [0, 0.05) is 30.6 Å². The minimum Gasteiger partial charge on any atom is -0.332 e. The molecule has 0 bridgehead atoms. The fraction of sp³-hybridized carbons (Fsp3) is 0.208. The summed E-state index contributed by atoms with van der Waals surface area (Å²) in [7, 11) is 0. The Bertz CT molecular complexity index is 1160. The number of hydrogen-bond donors (Lipinski definition) is 2.